The van der Waals surface area contributed by atoms with Crippen molar-refractivity contribution >= 4 is 0 Å². The number of aromatic hydroxyl groups is 3. The van der Waals surface area contributed by atoms with Crippen molar-refractivity contribution in [2.75, 3.05) is 0 Å². The van der Waals surface area contributed by atoms with Gasteiger partial charge in [0.1, 0.15) is 28.4 Å². The molecule has 0 atom stereocenters. The molecule has 1 fully saturated rings. The Morgan fingerprint density at radius 3 is 2.21 bits per heavy atom. The molecular formula is C26H19N3O5. The average molecular weight is 453 g/mol. The van der Waals surface area contributed by atoms with Crippen molar-refractivity contribution in [1.29, 1.82) is 0 Å². The number of hydrogen-bond acceptors (Lipinski definition) is 8. The Morgan fingerprint density at radius 2 is 1.50 bits per heavy atom. The third-order valence-electron chi connectivity index (χ3n) is 6.13. The quantitative estimate of drug-likeness (QED) is 0.329. The van der Waals surface area contributed by atoms with E-state index in [1.165, 1.54) is 18.2 Å². The van der Waals surface area contributed by atoms with E-state index in [0.29, 0.717) is 22.9 Å². The van der Waals surface area contributed by atoms with Crippen molar-refractivity contribution in [1.82, 2.24) is 15.4 Å². The monoisotopic (exact) mass is 453 g/mol. The van der Waals surface area contributed by atoms with Crippen LogP contribution in [0.2, 0.25) is 0 Å². The van der Waals surface area contributed by atoms with E-state index >= 15 is 0 Å². The molecule has 0 spiro atoms. The minimum absolute atomic E-state index is 0.0597. The Bertz CT molecular complexity index is 1480. The zero-order valence-electron chi connectivity index (χ0n) is 17.8. The molecule has 34 heavy (non-hydrogen) atoms. The zero-order valence-corrected chi connectivity index (χ0v) is 17.8. The molecule has 8 heteroatoms. The number of aromatic nitrogens is 3. The SMILES string of the molecule is Oc1ccc(-c2noc(C3(c4nnc(-c5ccc(O)cc5O)o4)CC3)c2-c2ccccc2)cc1. The van der Waals surface area contributed by atoms with Gasteiger partial charge in [-0.15, -0.1) is 10.2 Å². The van der Waals surface area contributed by atoms with Gasteiger partial charge < -0.3 is 24.3 Å². The Labute approximate surface area is 193 Å². The Balaban J connectivity index is 1.48. The summed E-state index contributed by atoms with van der Waals surface area (Å²) >= 11 is 0. The van der Waals surface area contributed by atoms with Crippen LogP contribution in [0.5, 0.6) is 17.2 Å². The van der Waals surface area contributed by atoms with Crippen LogP contribution in [0.15, 0.2) is 81.7 Å². The Kier molecular flexibility index (Phi) is 4.41. The van der Waals surface area contributed by atoms with Gasteiger partial charge in [0.25, 0.3) is 5.89 Å². The molecular weight excluding hydrogens is 434 g/mol. The second-order valence-electron chi connectivity index (χ2n) is 8.34. The highest BCUT2D eigenvalue weighted by Gasteiger charge is 2.56. The van der Waals surface area contributed by atoms with Crippen LogP contribution in [0, 0.1) is 0 Å². The van der Waals surface area contributed by atoms with E-state index in [0.717, 1.165) is 29.5 Å². The lowest BCUT2D eigenvalue weighted by Crippen LogP contribution is -2.09. The first kappa shape index (κ1) is 20.0. The predicted molar refractivity (Wildman–Crippen MR) is 122 cm³/mol. The predicted octanol–water partition coefficient (Wildman–Crippen LogP) is 5.26. The summed E-state index contributed by atoms with van der Waals surface area (Å²) in [6.45, 7) is 0. The van der Waals surface area contributed by atoms with Gasteiger partial charge in [-0.05, 0) is 54.8 Å². The number of hydrogen-bond donors (Lipinski definition) is 3. The van der Waals surface area contributed by atoms with Crippen LogP contribution < -0.4 is 0 Å². The van der Waals surface area contributed by atoms with Gasteiger partial charge in [-0.3, -0.25) is 0 Å². The lowest BCUT2D eigenvalue weighted by molar-refractivity contribution is 0.345. The van der Waals surface area contributed by atoms with Crippen LogP contribution in [-0.4, -0.2) is 30.7 Å². The highest BCUT2D eigenvalue weighted by molar-refractivity contribution is 5.83. The fourth-order valence-corrected chi connectivity index (χ4v) is 4.20. The summed E-state index contributed by atoms with van der Waals surface area (Å²) in [5.74, 6) is 1.11. The van der Waals surface area contributed by atoms with Crippen LogP contribution in [0.1, 0.15) is 24.5 Å². The van der Waals surface area contributed by atoms with Crippen molar-refractivity contribution in [3.8, 4) is 51.1 Å². The maximum atomic E-state index is 10.2. The molecule has 1 aliphatic carbocycles. The van der Waals surface area contributed by atoms with Crippen molar-refractivity contribution in [3.63, 3.8) is 0 Å². The lowest BCUT2D eigenvalue weighted by Gasteiger charge is -2.11. The Hall–Kier alpha value is -4.59. The molecule has 1 saturated carbocycles. The summed E-state index contributed by atoms with van der Waals surface area (Å²) in [6, 6.07) is 20.8. The third kappa shape index (κ3) is 3.19. The van der Waals surface area contributed by atoms with E-state index in [-0.39, 0.29) is 23.1 Å². The molecule has 0 amide bonds. The fourth-order valence-electron chi connectivity index (χ4n) is 4.20. The van der Waals surface area contributed by atoms with Crippen LogP contribution >= 0.6 is 0 Å². The van der Waals surface area contributed by atoms with E-state index in [1.54, 1.807) is 24.3 Å². The molecule has 168 valence electrons. The summed E-state index contributed by atoms with van der Waals surface area (Å²) in [5.41, 5.74) is 2.93. The van der Waals surface area contributed by atoms with E-state index in [4.69, 9.17) is 8.94 Å². The zero-order chi connectivity index (χ0) is 23.3. The minimum atomic E-state index is -0.634. The summed E-state index contributed by atoms with van der Waals surface area (Å²) in [6.07, 6.45) is 1.47. The topological polar surface area (TPSA) is 126 Å². The first-order valence-electron chi connectivity index (χ1n) is 10.8. The minimum Gasteiger partial charge on any atom is -0.508 e. The number of phenolic OH excluding ortho intramolecular Hbond substituents is 3. The summed E-state index contributed by atoms with van der Waals surface area (Å²) in [4.78, 5) is 0. The Morgan fingerprint density at radius 1 is 0.765 bits per heavy atom. The summed E-state index contributed by atoms with van der Waals surface area (Å²) < 4.78 is 12.0. The molecule has 0 saturated heterocycles. The van der Waals surface area contributed by atoms with Gasteiger partial charge in [0.05, 0.1) is 11.1 Å². The van der Waals surface area contributed by atoms with Gasteiger partial charge in [0, 0.05) is 11.6 Å². The second-order valence-corrected chi connectivity index (χ2v) is 8.34. The van der Waals surface area contributed by atoms with Gasteiger partial charge in [-0.1, -0.05) is 35.5 Å². The molecule has 0 radical (unpaired) electrons. The number of benzene rings is 3. The van der Waals surface area contributed by atoms with Gasteiger partial charge in [-0.25, -0.2) is 0 Å². The van der Waals surface area contributed by atoms with Crippen molar-refractivity contribution in [2.45, 2.75) is 18.3 Å². The van der Waals surface area contributed by atoms with Gasteiger partial charge in [0.15, 0.2) is 5.76 Å². The molecule has 8 nitrogen and oxygen atoms in total. The molecule has 0 bridgehead atoms. The van der Waals surface area contributed by atoms with E-state index in [1.807, 2.05) is 30.3 Å². The van der Waals surface area contributed by atoms with E-state index < -0.39 is 5.41 Å². The second kappa shape index (κ2) is 7.48. The van der Waals surface area contributed by atoms with Crippen LogP contribution in [0.4, 0.5) is 0 Å². The van der Waals surface area contributed by atoms with Gasteiger partial charge in [-0.2, -0.15) is 0 Å². The van der Waals surface area contributed by atoms with Crippen molar-refractivity contribution < 1.29 is 24.3 Å². The molecule has 3 aromatic carbocycles. The smallest absolute Gasteiger partial charge is 0.251 e. The van der Waals surface area contributed by atoms with E-state index in [2.05, 4.69) is 15.4 Å². The van der Waals surface area contributed by atoms with Crippen LogP contribution in [-0.2, 0) is 5.41 Å². The first-order chi connectivity index (χ1) is 16.5. The number of phenols is 3. The standard InChI is InChI=1S/C26H19N3O5/c30-17-8-6-16(7-9-17)22-21(15-4-2-1-3-5-15)23(34-29-22)26(12-13-26)25-28-27-24(33-25)19-11-10-18(31)14-20(19)32/h1-11,14,30-32H,12-13H2. The lowest BCUT2D eigenvalue weighted by atomic mass is 9.92. The summed E-state index contributed by atoms with van der Waals surface area (Å²) in [5, 5.41) is 42.3. The molecule has 6 rings (SSSR count). The number of rotatable bonds is 5. The molecule has 3 N–H and O–H groups in total. The highest BCUT2D eigenvalue weighted by Crippen LogP contribution is 2.57. The van der Waals surface area contributed by atoms with Gasteiger partial charge >= 0.3 is 0 Å². The van der Waals surface area contributed by atoms with Crippen LogP contribution in [0.3, 0.4) is 0 Å². The maximum absolute atomic E-state index is 10.2. The first-order valence-corrected chi connectivity index (χ1v) is 10.8. The highest BCUT2D eigenvalue weighted by atomic mass is 16.5. The molecule has 1 aliphatic rings. The largest absolute Gasteiger partial charge is 0.508 e. The fraction of sp³-hybridized carbons (Fsp3) is 0.115. The van der Waals surface area contributed by atoms with Crippen LogP contribution in [0.25, 0.3) is 33.8 Å². The molecule has 2 heterocycles. The van der Waals surface area contributed by atoms with Gasteiger partial charge in [0.2, 0.25) is 5.89 Å². The third-order valence-corrected chi connectivity index (χ3v) is 6.13. The van der Waals surface area contributed by atoms with E-state index in [9.17, 15) is 15.3 Å². The average Bonchev–Trinajstić information content (AvgIpc) is 3.28. The molecule has 2 aromatic heterocycles. The number of nitrogens with zero attached hydrogens (tertiary/aromatic N) is 3. The van der Waals surface area contributed by atoms with Crippen molar-refractivity contribution in [3.05, 3.63) is 84.4 Å². The maximum Gasteiger partial charge on any atom is 0.251 e. The molecule has 5 aromatic rings. The normalized spacial score (nSPS) is 14.2. The molecule has 0 aliphatic heterocycles. The van der Waals surface area contributed by atoms with Crippen molar-refractivity contribution in [2.24, 2.45) is 0 Å². The molecule has 0 unspecified atom stereocenters. The summed E-state index contributed by atoms with van der Waals surface area (Å²) in [7, 11) is 0.